The van der Waals surface area contributed by atoms with Gasteiger partial charge in [0.05, 0.1) is 5.84 Å². The van der Waals surface area contributed by atoms with Crippen molar-refractivity contribution in [3.05, 3.63) is 23.8 Å². The van der Waals surface area contributed by atoms with Crippen LogP contribution in [0.3, 0.4) is 0 Å². The summed E-state index contributed by atoms with van der Waals surface area (Å²) in [7, 11) is 0. The highest BCUT2D eigenvalue weighted by Gasteiger charge is 2.15. The van der Waals surface area contributed by atoms with Crippen molar-refractivity contribution in [2.24, 2.45) is 0 Å². The lowest BCUT2D eigenvalue weighted by molar-refractivity contribution is 0.171. The summed E-state index contributed by atoms with van der Waals surface area (Å²) in [6.45, 7) is 3.23. The molecule has 19 heavy (non-hydrogen) atoms. The van der Waals surface area contributed by atoms with Gasteiger partial charge in [0, 0.05) is 19.5 Å². The Morgan fingerprint density at radius 1 is 1.11 bits per heavy atom. The van der Waals surface area contributed by atoms with Crippen molar-refractivity contribution in [3.63, 3.8) is 0 Å². The summed E-state index contributed by atoms with van der Waals surface area (Å²) in [6.07, 6.45) is 4.27. The van der Waals surface area contributed by atoms with Crippen LogP contribution < -0.4 is 9.47 Å². The minimum atomic E-state index is 0.632. The molecule has 0 atom stereocenters. The van der Waals surface area contributed by atoms with Gasteiger partial charge in [-0.25, -0.2) is 0 Å². The Morgan fingerprint density at radius 3 is 2.79 bits per heavy atom. The van der Waals surface area contributed by atoms with E-state index in [1.807, 2.05) is 6.07 Å². The van der Waals surface area contributed by atoms with Crippen LogP contribution in [0.5, 0.6) is 11.5 Å². The predicted octanol–water partition coefficient (Wildman–Crippen LogP) is 2.46. The molecule has 0 radical (unpaired) electrons. The zero-order chi connectivity index (χ0) is 13.1. The molecule has 0 amide bonds. The van der Waals surface area contributed by atoms with Gasteiger partial charge in [-0.05, 0) is 37.0 Å². The molecule has 2 heterocycles. The second-order valence-corrected chi connectivity index (χ2v) is 5.12. The van der Waals surface area contributed by atoms with Crippen molar-refractivity contribution in [2.45, 2.75) is 25.7 Å². The molecule has 0 aromatic heterocycles. The van der Waals surface area contributed by atoms with E-state index in [2.05, 4.69) is 17.0 Å². The first-order valence-corrected chi connectivity index (χ1v) is 7.04. The molecule has 0 unspecified atom stereocenters. The van der Waals surface area contributed by atoms with Gasteiger partial charge in [-0.15, -0.1) is 0 Å². The van der Waals surface area contributed by atoms with E-state index in [0.717, 1.165) is 43.3 Å². The molecule has 1 fully saturated rings. The third-order valence-electron chi connectivity index (χ3n) is 3.75. The van der Waals surface area contributed by atoms with Crippen molar-refractivity contribution in [1.29, 1.82) is 5.41 Å². The molecule has 0 bridgehead atoms. The molecular weight excluding hydrogens is 240 g/mol. The maximum Gasteiger partial charge on any atom is 0.161 e. The van der Waals surface area contributed by atoms with Crippen LogP contribution in [0.1, 0.15) is 24.8 Å². The Hall–Kier alpha value is -1.71. The number of amidine groups is 1. The third-order valence-corrected chi connectivity index (χ3v) is 3.75. The van der Waals surface area contributed by atoms with Gasteiger partial charge in [-0.3, -0.25) is 5.41 Å². The van der Waals surface area contributed by atoms with Crippen LogP contribution in [-0.4, -0.2) is 37.0 Å². The minimum Gasteiger partial charge on any atom is -0.486 e. The fourth-order valence-electron chi connectivity index (χ4n) is 2.64. The molecule has 1 aromatic rings. The van der Waals surface area contributed by atoms with E-state index < -0.39 is 0 Å². The smallest absolute Gasteiger partial charge is 0.161 e. The molecule has 2 aliphatic rings. The van der Waals surface area contributed by atoms with Crippen LogP contribution in [0.15, 0.2) is 18.2 Å². The van der Waals surface area contributed by atoms with Gasteiger partial charge >= 0.3 is 0 Å². The van der Waals surface area contributed by atoms with Crippen LogP contribution in [0.4, 0.5) is 0 Å². The van der Waals surface area contributed by atoms with Gasteiger partial charge in [0.15, 0.2) is 11.5 Å². The third kappa shape index (κ3) is 2.83. The largest absolute Gasteiger partial charge is 0.486 e. The lowest BCUT2D eigenvalue weighted by Gasteiger charge is -2.29. The van der Waals surface area contributed by atoms with Crippen molar-refractivity contribution >= 4 is 5.84 Å². The highest BCUT2D eigenvalue weighted by Crippen LogP contribution is 2.30. The molecule has 1 saturated heterocycles. The number of fused-ring (bicyclic) bond motifs is 1. The second kappa shape index (κ2) is 5.51. The van der Waals surface area contributed by atoms with Gasteiger partial charge < -0.3 is 14.4 Å². The average Bonchev–Trinajstić information content (AvgIpc) is 2.46. The number of hydrogen-bond donors (Lipinski definition) is 1. The number of hydrogen-bond acceptors (Lipinski definition) is 3. The van der Waals surface area contributed by atoms with E-state index in [-0.39, 0.29) is 0 Å². The number of nitrogens with zero attached hydrogens (tertiary/aromatic N) is 1. The van der Waals surface area contributed by atoms with E-state index in [4.69, 9.17) is 14.9 Å². The Balaban J connectivity index is 1.62. The number of likely N-dealkylation sites (tertiary alicyclic amines) is 1. The van der Waals surface area contributed by atoms with Crippen molar-refractivity contribution in [1.82, 2.24) is 4.90 Å². The van der Waals surface area contributed by atoms with Crippen LogP contribution in [-0.2, 0) is 6.42 Å². The average molecular weight is 260 g/mol. The molecule has 0 saturated carbocycles. The van der Waals surface area contributed by atoms with Crippen LogP contribution >= 0.6 is 0 Å². The monoisotopic (exact) mass is 260 g/mol. The van der Waals surface area contributed by atoms with Gasteiger partial charge in [-0.2, -0.15) is 0 Å². The fourth-order valence-corrected chi connectivity index (χ4v) is 2.64. The van der Waals surface area contributed by atoms with Crippen molar-refractivity contribution in [3.8, 4) is 11.5 Å². The van der Waals surface area contributed by atoms with E-state index in [1.54, 1.807) is 0 Å². The summed E-state index contributed by atoms with van der Waals surface area (Å²) < 4.78 is 11.1. The van der Waals surface area contributed by atoms with E-state index >= 15 is 0 Å². The van der Waals surface area contributed by atoms with Gasteiger partial charge in [0.25, 0.3) is 0 Å². The molecule has 3 rings (SSSR count). The number of ether oxygens (including phenoxy) is 2. The molecule has 0 aliphatic carbocycles. The fraction of sp³-hybridized carbons (Fsp3) is 0.533. The summed E-state index contributed by atoms with van der Waals surface area (Å²) in [5.74, 6) is 2.50. The lowest BCUT2D eigenvalue weighted by atomic mass is 10.1. The maximum atomic E-state index is 7.94. The van der Waals surface area contributed by atoms with Crippen LogP contribution in [0.25, 0.3) is 0 Å². The summed E-state index contributed by atoms with van der Waals surface area (Å²) in [4.78, 5) is 2.19. The number of rotatable bonds is 3. The summed E-state index contributed by atoms with van der Waals surface area (Å²) >= 11 is 0. The first kappa shape index (κ1) is 12.3. The first-order chi connectivity index (χ1) is 9.33. The van der Waals surface area contributed by atoms with Crippen molar-refractivity contribution in [2.75, 3.05) is 26.3 Å². The number of benzene rings is 1. The minimum absolute atomic E-state index is 0.632. The molecule has 0 spiro atoms. The van der Waals surface area contributed by atoms with E-state index in [1.165, 1.54) is 18.4 Å². The molecule has 102 valence electrons. The highest BCUT2D eigenvalue weighted by molar-refractivity contribution is 5.79. The number of nitrogens with one attached hydrogen (secondary N) is 1. The zero-order valence-electron chi connectivity index (χ0n) is 11.2. The zero-order valence-corrected chi connectivity index (χ0v) is 11.2. The Bertz CT molecular complexity index is 473. The molecule has 1 aromatic carbocycles. The van der Waals surface area contributed by atoms with Crippen LogP contribution in [0, 0.1) is 5.41 Å². The Labute approximate surface area is 113 Å². The maximum absolute atomic E-state index is 7.94. The summed E-state index contributed by atoms with van der Waals surface area (Å²) in [6, 6.07) is 6.16. The molecule has 4 heteroatoms. The van der Waals surface area contributed by atoms with Gasteiger partial charge in [0.2, 0.25) is 0 Å². The van der Waals surface area contributed by atoms with Crippen molar-refractivity contribution < 1.29 is 9.47 Å². The Kier molecular flexibility index (Phi) is 3.58. The first-order valence-electron chi connectivity index (χ1n) is 7.04. The van der Waals surface area contributed by atoms with E-state index in [9.17, 15) is 0 Å². The normalized spacial score (nSPS) is 18.5. The summed E-state index contributed by atoms with van der Waals surface area (Å²) in [5.41, 5.74) is 1.25. The van der Waals surface area contributed by atoms with E-state index in [0.29, 0.717) is 13.2 Å². The predicted molar refractivity (Wildman–Crippen MR) is 74.3 cm³/mol. The second-order valence-electron chi connectivity index (χ2n) is 5.12. The standard InChI is InChI=1S/C15H20N2O2/c16-15-3-1-2-7-17(15)8-6-12-4-5-13-14(11-12)19-10-9-18-13/h4-5,11,16H,1-3,6-10H2. The van der Waals surface area contributed by atoms with Gasteiger partial charge in [0.1, 0.15) is 13.2 Å². The van der Waals surface area contributed by atoms with Gasteiger partial charge in [-0.1, -0.05) is 6.07 Å². The summed E-state index contributed by atoms with van der Waals surface area (Å²) in [5, 5.41) is 7.94. The SMILES string of the molecule is N=C1CCCCN1CCc1ccc2c(c1)OCCO2. The topological polar surface area (TPSA) is 45.6 Å². The quantitative estimate of drug-likeness (QED) is 0.908. The van der Waals surface area contributed by atoms with Crippen LogP contribution in [0.2, 0.25) is 0 Å². The molecule has 2 aliphatic heterocycles. The number of piperidine rings is 1. The molecule has 4 nitrogen and oxygen atoms in total. The molecule has 1 N–H and O–H groups in total. The Morgan fingerprint density at radius 2 is 1.95 bits per heavy atom. The highest BCUT2D eigenvalue weighted by atomic mass is 16.6. The lowest BCUT2D eigenvalue weighted by Crippen LogP contribution is -2.36. The molecular formula is C15H20N2O2.